The van der Waals surface area contributed by atoms with E-state index in [4.69, 9.17) is 9.72 Å². The topological polar surface area (TPSA) is 41.5 Å². The van der Waals surface area contributed by atoms with Crippen LogP contribution in [0.15, 0.2) is 30.5 Å². The average Bonchev–Trinajstić information content (AvgIpc) is 3.06. The highest BCUT2D eigenvalue weighted by atomic mass is 19.1. The van der Waals surface area contributed by atoms with Crippen molar-refractivity contribution in [2.24, 2.45) is 0 Å². The molecule has 0 N–H and O–H groups in total. The first-order chi connectivity index (χ1) is 12.5. The van der Waals surface area contributed by atoms with Crippen molar-refractivity contribution in [3.8, 4) is 5.75 Å². The second-order valence-corrected chi connectivity index (χ2v) is 7.06. The predicted octanol–water partition coefficient (Wildman–Crippen LogP) is 3.20. The molecule has 6 heteroatoms. The third kappa shape index (κ3) is 4.77. The highest BCUT2D eigenvalue weighted by Crippen LogP contribution is 2.32. The van der Waals surface area contributed by atoms with Crippen LogP contribution < -0.4 is 4.74 Å². The van der Waals surface area contributed by atoms with Gasteiger partial charge in [-0.05, 0) is 64.7 Å². The van der Waals surface area contributed by atoms with Crippen LogP contribution >= 0.6 is 0 Å². The number of aromatic nitrogens is 2. The van der Waals surface area contributed by atoms with Crippen molar-refractivity contribution in [1.82, 2.24) is 19.8 Å². The van der Waals surface area contributed by atoms with Gasteiger partial charge in [-0.2, -0.15) is 0 Å². The zero-order valence-electron chi connectivity index (χ0n) is 15.8. The molecule has 1 fully saturated rings. The Balaban J connectivity index is 1.66. The fourth-order valence-corrected chi connectivity index (χ4v) is 3.48. The zero-order chi connectivity index (χ0) is 18.5. The Kier molecular flexibility index (Phi) is 6.16. The Bertz CT molecular complexity index is 720. The molecule has 1 aliphatic heterocycles. The fourth-order valence-electron chi connectivity index (χ4n) is 3.48. The molecule has 0 radical (unpaired) electrons. The molecule has 140 valence electrons. The van der Waals surface area contributed by atoms with Crippen molar-refractivity contribution >= 4 is 0 Å². The van der Waals surface area contributed by atoms with E-state index in [-0.39, 0.29) is 5.82 Å². The quantitative estimate of drug-likeness (QED) is 0.760. The van der Waals surface area contributed by atoms with Crippen LogP contribution in [-0.2, 0) is 6.54 Å². The number of hydrogen-bond donors (Lipinski definition) is 0. The summed E-state index contributed by atoms with van der Waals surface area (Å²) >= 11 is 0. The Morgan fingerprint density at radius 1 is 1.27 bits per heavy atom. The highest BCUT2D eigenvalue weighted by Gasteiger charge is 2.29. The maximum Gasteiger partial charge on any atom is 0.125 e. The van der Waals surface area contributed by atoms with E-state index in [2.05, 4.69) is 28.9 Å². The van der Waals surface area contributed by atoms with Gasteiger partial charge in [-0.1, -0.05) is 0 Å². The minimum Gasteiger partial charge on any atom is -0.492 e. The minimum atomic E-state index is -0.246. The average molecular weight is 358 g/mol. The summed E-state index contributed by atoms with van der Waals surface area (Å²) in [6, 6.07) is 6.49. The zero-order valence-corrected chi connectivity index (χ0v) is 15.8. The number of nitrogens with zero attached hydrogens (tertiary/aromatic N) is 4. The monoisotopic (exact) mass is 358 g/mol. The lowest BCUT2D eigenvalue weighted by Gasteiger charge is -2.26. The lowest BCUT2D eigenvalue weighted by molar-refractivity contribution is 0.194. The number of ether oxygens (including phenoxy) is 1. The van der Waals surface area contributed by atoms with Gasteiger partial charge >= 0.3 is 0 Å². The molecule has 2 aromatic rings. The van der Waals surface area contributed by atoms with Crippen molar-refractivity contribution in [1.29, 1.82) is 0 Å². The maximum atomic E-state index is 13.0. The van der Waals surface area contributed by atoms with Gasteiger partial charge in [-0.25, -0.2) is 14.4 Å². The molecule has 0 aliphatic carbocycles. The van der Waals surface area contributed by atoms with Crippen molar-refractivity contribution < 1.29 is 9.13 Å². The SMILES string of the molecule is Cc1ncc(CN(C)C)c(C2CCCN2CCOc2ccc(F)cc2)n1. The number of aryl methyl sites for hydroxylation is 1. The van der Waals surface area contributed by atoms with Gasteiger partial charge in [-0.3, -0.25) is 4.90 Å². The lowest BCUT2D eigenvalue weighted by atomic mass is 10.1. The molecule has 0 bridgehead atoms. The maximum absolute atomic E-state index is 13.0. The van der Waals surface area contributed by atoms with Crippen LogP contribution in [0.2, 0.25) is 0 Å². The first-order valence-corrected chi connectivity index (χ1v) is 9.12. The van der Waals surface area contributed by atoms with E-state index >= 15 is 0 Å². The van der Waals surface area contributed by atoms with E-state index in [1.165, 1.54) is 17.7 Å². The van der Waals surface area contributed by atoms with Gasteiger partial charge in [0.05, 0.1) is 11.7 Å². The van der Waals surface area contributed by atoms with Gasteiger partial charge in [-0.15, -0.1) is 0 Å². The number of hydrogen-bond acceptors (Lipinski definition) is 5. The van der Waals surface area contributed by atoms with E-state index in [0.29, 0.717) is 18.4 Å². The van der Waals surface area contributed by atoms with Crippen LogP contribution in [0.3, 0.4) is 0 Å². The summed E-state index contributed by atoms with van der Waals surface area (Å²) in [5.74, 6) is 1.27. The largest absolute Gasteiger partial charge is 0.492 e. The lowest BCUT2D eigenvalue weighted by Crippen LogP contribution is -2.30. The van der Waals surface area contributed by atoms with Crippen LogP contribution in [0.5, 0.6) is 5.75 Å². The standard InChI is InChI=1S/C20H27FN4O/c1-15-22-13-16(14-24(2)3)20(23-15)19-5-4-10-25(19)11-12-26-18-8-6-17(21)7-9-18/h6-9,13,19H,4-5,10-12,14H2,1-3H3. The molecular weight excluding hydrogens is 331 g/mol. The molecular formula is C20H27FN4O. The van der Waals surface area contributed by atoms with Crippen LogP contribution in [0.1, 0.15) is 36.0 Å². The van der Waals surface area contributed by atoms with E-state index < -0.39 is 0 Å². The van der Waals surface area contributed by atoms with Gasteiger partial charge in [0, 0.05) is 24.8 Å². The van der Waals surface area contributed by atoms with Crippen LogP contribution in [0.25, 0.3) is 0 Å². The first-order valence-electron chi connectivity index (χ1n) is 9.12. The third-order valence-corrected chi connectivity index (χ3v) is 4.65. The van der Waals surface area contributed by atoms with Crippen molar-refractivity contribution in [2.45, 2.75) is 32.4 Å². The van der Waals surface area contributed by atoms with Crippen LogP contribution in [-0.4, -0.2) is 53.6 Å². The summed E-state index contributed by atoms with van der Waals surface area (Å²) in [5, 5.41) is 0. The Morgan fingerprint density at radius 3 is 2.77 bits per heavy atom. The van der Waals surface area contributed by atoms with Crippen LogP contribution in [0.4, 0.5) is 4.39 Å². The first kappa shape index (κ1) is 18.7. The summed E-state index contributed by atoms with van der Waals surface area (Å²) in [7, 11) is 4.12. The minimum absolute atomic E-state index is 0.246. The third-order valence-electron chi connectivity index (χ3n) is 4.65. The van der Waals surface area contributed by atoms with Crippen molar-refractivity contribution in [3.05, 3.63) is 53.4 Å². The van der Waals surface area contributed by atoms with E-state index in [9.17, 15) is 4.39 Å². The Morgan fingerprint density at radius 2 is 2.04 bits per heavy atom. The van der Waals surface area contributed by atoms with Gasteiger partial charge in [0.25, 0.3) is 0 Å². The van der Waals surface area contributed by atoms with E-state index in [0.717, 1.165) is 44.0 Å². The smallest absolute Gasteiger partial charge is 0.125 e. The van der Waals surface area contributed by atoms with Crippen LogP contribution in [0, 0.1) is 12.7 Å². The highest BCUT2D eigenvalue weighted by molar-refractivity contribution is 5.23. The molecule has 3 rings (SSSR count). The summed E-state index contributed by atoms with van der Waals surface area (Å²) in [5.41, 5.74) is 2.34. The number of halogens is 1. The molecule has 5 nitrogen and oxygen atoms in total. The van der Waals surface area contributed by atoms with E-state index in [1.807, 2.05) is 13.1 Å². The molecule has 1 saturated heterocycles. The van der Waals surface area contributed by atoms with Gasteiger partial charge in [0.15, 0.2) is 0 Å². The van der Waals surface area contributed by atoms with Crippen molar-refractivity contribution in [3.63, 3.8) is 0 Å². The van der Waals surface area contributed by atoms with Gasteiger partial charge < -0.3 is 9.64 Å². The second kappa shape index (κ2) is 8.56. The number of likely N-dealkylation sites (tertiary alicyclic amines) is 1. The summed E-state index contributed by atoms with van der Waals surface area (Å²) in [6.45, 7) is 5.23. The van der Waals surface area contributed by atoms with Crippen molar-refractivity contribution in [2.75, 3.05) is 33.8 Å². The molecule has 1 atom stereocenters. The summed E-state index contributed by atoms with van der Waals surface area (Å²) in [4.78, 5) is 13.7. The summed E-state index contributed by atoms with van der Waals surface area (Å²) < 4.78 is 18.8. The van der Waals surface area contributed by atoms with Gasteiger partial charge in [0.1, 0.15) is 24.0 Å². The molecule has 1 aromatic carbocycles. The Labute approximate surface area is 154 Å². The predicted molar refractivity (Wildman–Crippen MR) is 99.6 cm³/mol. The normalized spacial score (nSPS) is 17.8. The molecule has 2 heterocycles. The molecule has 1 aromatic heterocycles. The van der Waals surface area contributed by atoms with E-state index in [1.54, 1.807) is 12.1 Å². The summed E-state index contributed by atoms with van der Waals surface area (Å²) in [6.07, 6.45) is 4.22. The molecule has 0 saturated carbocycles. The number of benzene rings is 1. The Hall–Kier alpha value is -2.05. The second-order valence-electron chi connectivity index (χ2n) is 7.06. The molecule has 0 spiro atoms. The molecule has 1 unspecified atom stereocenters. The fraction of sp³-hybridized carbons (Fsp3) is 0.500. The molecule has 26 heavy (non-hydrogen) atoms. The number of rotatable bonds is 7. The molecule has 0 amide bonds. The molecule has 1 aliphatic rings. The van der Waals surface area contributed by atoms with Gasteiger partial charge in [0.2, 0.25) is 0 Å².